The minimum absolute atomic E-state index is 0.0565. The third-order valence-corrected chi connectivity index (χ3v) is 6.28. The molecule has 0 bridgehead atoms. The number of fused-ring (bicyclic) bond motifs is 1. The van der Waals surface area contributed by atoms with Crippen molar-refractivity contribution >= 4 is 38.3 Å². The van der Waals surface area contributed by atoms with Crippen molar-refractivity contribution in [1.29, 1.82) is 0 Å². The molecule has 2 aromatic carbocycles. The molecule has 0 aliphatic heterocycles. The van der Waals surface area contributed by atoms with E-state index in [-0.39, 0.29) is 10.6 Å². The number of hydrogen-bond donors (Lipinski definition) is 3. The minimum atomic E-state index is -3.98. The zero-order valence-corrected chi connectivity index (χ0v) is 18.9. The molecule has 170 valence electrons. The summed E-state index contributed by atoms with van der Waals surface area (Å²) in [7, 11) is -3.98. The van der Waals surface area contributed by atoms with Crippen molar-refractivity contribution in [3.63, 3.8) is 0 Å². The summed E-state index contributed by atoms with van der Waals surface area (Å²) in [5, 5.41) is 12.9. The molecule has 0 fully saturated rings. The molecule has 0 aliphatic rings. The van der Waals surface area contributed by atoms with Crippen molar-refractivity contribution in [3.8, 4) is 11.8 Å². The number of hydrogen-bond acceptors (Lipinski definition) is 6. The molecule has 34 heavy (non-hydrogen) atoms. The first kappa shape index (κ1) is 22.8. The molecule has 4 rings (SSSR count). The highest BCUT2D eigenvalue weighted by atomic mass is 32.2. The molecule has 3 N–H and O–H groups in total. The van der Waals surface area contributed by atoms with E-state index in [0.717, 1.165) is 5.69 Å². The van der Waals surface area contributed by atoms with E-state index < -0.39 is 16.0 Å². The summed E-state index contributed by atoms with van der Waals surface area (Å²) in [5.41, 5.74) is 2.34. The van der Waals surface area contributed by atoms with Crippen LogP contribution < -0.4 is 10.0 Å². The molecule has 2 heterocycles. The first-order valence-electron chi connectivity index (χ1n) is 10.3. The molecular weight excluding hydrogens is 452 g/mol. The van der Waals surface area contributed by atoms with Gasteiger partial charge in [-0.2, -0.15) is 0 Å². The normalized spacial score (nSPS) is 10.9. The lowest BCUT2D eigenvalue weighted by molar-refractivity contribution is 0.0690. The second-order valence-corrected chi connectivity index (χ2v) is 8.83. The predicted molar refractivity (Wildman–Crippen MR) is 130 cm³/mol. The molecule has 8 nitrogen and oxygen atoms in total. The predicted octanol–water partition coefficient (Wildman–Crippen LogP) is 3.96. The standard InChI is InChI=1S/C25H20N4O4S/c1-2-26-21-14-15-27-24-19(21)7-5-9-23(24)34(32,33)29-20-8-4-3-6-18(20)12-10-17-11-13-22(25(30)31)28-16-17/h3-9,11,13-16,29H,2H2,1H3,(H,26,27)(H,30,31). The lowest BCUT2D eigenvalue weighted by Crippen LogP contribution is -2.15. The van der Waals surface area contributed by atoms with E-state index in [4.69, 9.17) is 5.11 Å². The lowest BCUT2D eigenvalue weighted by Gasteiger charge is -2.13. The monoisotopic (exact) mass is 472 g/mol. The number of anilines is 2. The first-order chi connectivity index (χ1) is 16.4. The van der Waals surface area contributed by atoms with Crippen LogP contribution in [0.3, 0.4) is 0 Å². The molecular formula is C25H20N4O4S. The number of pyridine rings is 2. The van der Waals surface area contributed by atoms with Gasteiger partial charge in [0.05, 0.1) is 11.2 Å². The third-order valence-electron chi connectivity index (χ3n) is 4.89. The molecule has 0 atom stereocenters. The lowest BCUT2D eigenvalue weighted by atomic mass is 10.1. The molecule has 0 saturated carbocycles. The molecule has 0 unspecified atom stereocenters. The van der Waals surface area contributed by atoms with Gasteiger partial charge in [-0.05, 0) is 43.3 Å². The molecule has 0 saturated heterocycles. The van der Waals surface area contributed by atoms with Crippen molar-refractivity contribution in [2.24, 2.45) is 0 Å². The Hall–Kier alpha value is -4.42. The molecule has 0 amide bonds. The zero-order chi connectivity index (χ0) is 24.1. The van der Waals surface area contributed by atoms with Crippen LogP contribution in [0.4, 0.5) is 11.4 Å². The Morgan fingerprint density at radius 2 is 1.79 bits per heavy atom. The van der Waals surface area contributed by atoms with Gasteiger partial charge in [0, 0.05) is 41.1 Å². The highest BCUT2D eigenvalue weighted by Crippen LogP contribution is 2.28. The summed E-state index contributed by atoms with van der Waals surface area (Å²) in [4.78, 5) is 19.2. The summed E-state index contributed by atoms with van der Waals surface area (Å²) in [6, 6.07) is 16.5. The van der Waals surface area contributed by atoms with Crippen molar-refractivity contribution in [1.82, 2.24) is 9.97 Å². The van der Waals surface area contributed by atoms with Gasteiger partial charge in [0.25, 0.3) is 10.0 Å². The van der Waals surface area contributed by atoms with E-state index in [1.807, 2.05) is 13.0 Å². The van der Waals surface area contributed by atoms with E-state index in [1.54, 1.807) is 48.7 Å². The first-order valence-corrected chi connectivity index (χ1v) is 11.8. The van der Waals surface area contributed by atoms with Gasteiger partial charge in [-0.1, -0.05) is 36.1 Å². The summed E-state index contributed by atoms with van der Waals surface area (Å²) < 4.78 is 29.3. The average Bonchev–Trinajstić information content (AvgIpc) is 2.83. The number of carboxylic acids is 1. The van der Waals surface area contributed by atoms with E-state index in [1.165, 1.54) is 18.3 Å². The van der Waals surface area contributed by atoms with Crippen LogP contribution in [0.25, 0.3) is 10.9 Å². The highest BCUT2D eigenvalue weighted by molar-refractivity contribution is 7.93. The number of carbonyl (C=O) groups is 1. The number of para-hydroxylation sites is 2. The van der Waals surface area contributed by atoms with Crippen LogP contribution in [-0.2, 0) is 10.0 Å². The van der Waals surface area contributed by atoms with Gasteiger partial charge in [0.2, 0.25) is 0 Å². The van der Waals surface area contributed by atoms with Crippen LogP contribution in [0.2, 0.25) is 0 Å². The van der Waals surface area contributed by atoms with Crippen LogP contribution in [0.1, 0.15) is 28.5 Å². The maximum Gasteiger partial charge on any atom is 0.354 e. The third kappa shape index (κ3) is 4.82. The fourth-order valence-corrected chi connectivity index (χ4v) is 4.58. The number of aromatic nitrogens is 2. The van der Waals surface area contributed by atoms with Gasteiger partial charge in [0.1, 0.15) is 10.6 Å². The van der Waals surface area contributed by atoms with Crippen LogP contribution in [-0.4, -0.2) is 36.0 Å². The Balaban J connectivity index is 1.68. The second-order valence-electron chi connectivity index (χ2n) is 7.18. The topological polar surface area (TPSA) is 121 Å². The van der Waals surface area contributed by atoms with Crippen molar-refractivity contribution in [2.45, 2.75) is 11.8 Å². The minimum Gasteiger partial charge on any atom is -0.477 e. The van der Waals surface area contributed by atoms with E-state index in [9.17, 15) is 13.2 Å². The Bertz CT molecular complexity index is 1540. The van der Waals surface area contributed by atoms with Gasteiger partial charge in [-0.25, -0.2) is 18.2 Å². The second kappa shape index (κ2) is 9.60. The molecule has 0 aliphatic carbocycles. The maximum atomic E-state index is 13.3. The number of benzene rings is 2. The Morgan fingerprint density at radius 1 is 0.971 bits per heavy atom. The average molecular weight is 473 g/mol. The zero-order valence-electron chi connectivity index (χ0n) is 18.1. The smallest absolute Gasteiger partial charge is 0.354 e. The Kier molecular flexibility index (Phi) is 6.43. The fraction of sp³-hybridized carbons (Fsp3) is 0.0800. The highest BCUT2D eigenvalue weighted by Gasteiger charge is 2.20. The molecule has 0 spiro atoms. The quantitative estimate of drug-likeness (QED) is 0.363. The summed E-state index contributed by atoms with van der Waals surface area (Å²) >= 11 is 0. The molecule has 9 heteroatoms. The van der Waals surface area contributed by atoms with E-state index in [0.29, 0.717) is 34.3 Å². The van der Waals surface area contributed by atoms with Crippen molar-refractivity contribution in [2.75, 3.05) is 16.6 Å². The molecule has 0 radical (unpaired) electrons. The number of sulfonamides is 1. The number of nitrogens with one attached hydrogen (secondary N) is 2. The molecule has 2 aromatic heterocycles. The number of carboxylic acid groups (broad SMARTS) is 1. The van der Waals surface area contributed by atoms with Crippen LogP contribution in [0.5, 0.6) is 0 Å². The van der Waals surface area contributed by atoms with Gasteiger partial charge >= 0.3 is 5.97 Å². The Morgan fingerprint density at radius 3 is 2.53 bits per heavy atom. The van der Waals surface area contributed by atoms with Crippen molar-refractivity contribution < 1.29 is 18.3 Å². The summed E-state index contributed by atoms with van der Waals surface area (Å²) in [6.45, 7) is 2.65. The van der Waals surface area contributed by atoms with Gasteiger partial charge in [0.15, 0.2) is 0 Å². The summed E-state index contributed by atoms with van der Waals surface area (Å²) in [5.74, 6) is 4.68. The number of rotatable bonds is 6. The number of nitrogens with zero attached hydrogens (tertiary/aromatic N) is 2. The van der Waals surface area contributed by atoms with Crippen LogP contribution in [0.15, 0.2) is 78.0 Å². The number of aromatic carboxylic acids is 1. The van der Waals surface area contributed by atoms with Crippen LogP contribution in [0, 0.1) is 11.8 Å². The van der Waals surface area contributed by atoms with Crippen molar-refractivity contribution in [3.05, 3.63) is 89.9 Å². The van der Waals surface area contributed by atoms with Gasteiger partial charge in [-0.15, -0.1) is 0 Å². The SMILES string of the molecule is CCNc1ccnc2c(S(=O)(=O)Nc3ccccc3C#Cc3ccc(C(=O)O)nc3)cccc12. The molecule has 4 aromatic rings. The summed E-state index contributed by atoms with van der Waals surface area (Å²) in [6.07, 6.45) is 2.93. The largest absolute Gasteiger partial charge is 0.477 e. The maximum absolute atomic E-state index is 13.3. The fourth-order valence-electron chi connectivity index (χ4n) is 3.33. The van der Waals surface area contributed by atoms with Gasteiger partial charge in [-0.3, -0.25) is 9.71 Å². The van der Waals surface area contributed by atoms with Gasteiger partial charge < -0.3 is 10.4 Å². The van der Waals surface area contributed by atoms with E-state index >= 15 is 0 Å². The Labute approximate surface area is 196 Å². The van der Waals surface area contributed by atoms with E-state index in [2.05, 4.69) is 31.8 Å². The van der Waals surface area contributed by atoms with Crippen LogP contribution >= 0.6 is 0 Å².